The number of halogens is 2. The first kappa shape index (κ1) is 15.8. The number of carbonyl (C=O) groups is 1. The number of benzene rings is 1. The molecule has 1 amide bonds. The maximum Gasteiger partial charge on any atom is 0.254 e. The molecule has 2 rings (SSSR count). The van der Waals surface area contributed by atoms with Crippen LogP contribution in [0.15, 0.2) is 22.7 Å². The molecule has 0 aliphatic carbocycles. The summed E-state index contributed by atoms with van der Waals surface area (Å²) in [6.45, 7) is 1.11. The van der Waals surface area contributed by atoms with Gasteiger partial charge in [-0.3, -0.25) is 4.79 Å². The van der Waals surface area contributed by atoms with E-state index in [1.807, 2.05) is 4.90 Å². The van der Waals surface area contributed by atoms with Crippen molar-refractivity contribution in [3.63, 3.8) is 0 Å². The minimum atomic E-state index is -0.00707. The average molecular weight is 362 g/mol. The van der Waals surface area contributed by atoms with Crippen molar-refractivity contribution >= 4 is 33.4 Å². The summed E-state index contributed by atoms with van der Waals surface area (Å²) in [4.78, 5) is 14.4. The Kier molecular flexibility index (Phi) is 5.43. The van der Waals surface area contributed by atoms with E-state index in [1.54, 1.807) is 25.3 Å². The lowest BCUT2D eigenvalue weighted by Crippen LogP contribution is -2.51. The first-order valence-corrected chi connectivity index (χ1v) is 7.72. The van der Waals surface area contributed by atoms with E-state index in [9.17, 15) is 4.79 Å². The zero-order chi connectivity index (χ0) is 14.7. The molecular formula is C14H18BrClN2O2. The van der Waals surface area contributed by atoms with Gasteiger partial charge in [0.1, 0.15) is 0 Å². The van der Waals surface area contributed by atoms with Crippen LogP contribution >= 0.6 is 27.5 Å². The van der Waals surface area contributed by atoms with Gasteiger partial charge in [0, 0.05) is 36.3 Å². The van der Waals surface area contributed by atoms with E-state index in [1.165, 1.54) is 0 Å². The Labute approximate surface area is 132 Å². The minimum absolute atomic E-state index is 0.00707. The Balaban J connectivity index is 2.17. The molecule has 1 heterocycles. The van der Waals surface area contributed by atoms with E-state index in [2.05, 4.69) is 15.9 Å². The summed E-state index contributed by atoms with van der Waals surface area (Å²) in [5.41, 5.74) is 6.42. The number of ether oxygens (including phenoxy) is 1. The van der Waals surface area contributed by atoms with Crippen LogP contribution in [0.3, 0.4) is 0 Å². The van der Waals surface area contributed by atoms with Gasteiger partial charge >= 0.3 is 0 Å². The second kappa shape index (κ2) is 6.89. The van der Waals surface area contributed by atoms with E-state index in [-0.39, 0.29) is 18.1 Å². The lowest BCUT2D eigenvalue weighted by molar-refractivity contribution is 0.0139. The molecule has 0 spiro atoms. The summed E-state index contributed by atoms with van der Waals surface area (Å²) in [5, 5.41) is 0.593. The fraction of sp³-hybridized carbons (Fsp3) is 0.500. The van der Waals surface area contributed by atoms with Crippen molar-refractivity contribution < 1.29 is 9.53 Å². The molecule has 0 radical (unpaired) electrons. The Morgan fingerprint density at radius 1 is 1.60 bits per heavy atom. The normalized spacial score (nSPS) is 22.9. The summed E-state index contributed by atoms with van der Waals surface area (Å²) in [6, 6.07) is 5.24. The lowest BCUT2D eigenvalue weighted by Gasteiger charge is -2.38. The molecule has 2 atom stereocenters. The third-order valence-electron chi connectivity index (χ3n) is 3.70. The number of carbonyl (C=O) groups excluding carboxylic acids is 1. The number of nitrogens with zero attached hydrogens (tertiary/aromatic N) is 1. The number of amides is 1. The van der Waals surface area contributed by atoms with Crippen LogP contribution in [-0.4, -0.2) is 43.2 Å². The highest BCUT2D eigenvalue weighted by atomic mass is 79.9. The molecule has 0 bridgehead atoms. The Morgan fingerprint density at radius 3 is 2.95 bits per heavy atom. The van der Waals surface area contributed by atoms with Gasteiger partial charge in [-0.1, -0.05) is 11.6 Å². The zero-order valence-electron chi connectivity index (χ0n) is 11.3. The Bertz CT molecular complexity index is 498. The van der Waals surface area contributed by atoms with Crippen LogP contribution in [0.25, 0.3) is 0 Å². The van der Waals surface area contributed by atoms with Crippen molar-refractivity contribution in [1.82, 2.24) is 4.90 Å². The quantitative estimate of drug-likeness (QED) is 0.900. The fourth-order valence-electron chi connectivity index (χ4n) is 2.51. The van der Waals surface area contributed by atoms with Crippen molar-refractivity contribution in [3.8, 4) is 0 Å². The van der Waals surface area contributed by atoms with Crippen LogP contribution in [0.5, 0.6) is 0 Å². The minimum Gasteiger partial charge on any atom is -0.381 e. The van der Waals surface area contributed by atoms with Crippen LogP contribution in [0, 0.1) is 0 Å². The summed E-state index contributed by atoms with van der Waals surface area (Å²) in [7, 11) is 1.70. The molecule has 1 aromatic carbocycles. The number of hydrogen-bond acceptors (Lipinski definition) is 3. The second-order valence-electron chi connectivity index (χ2n) is 4.90. The van der Waals surface area contributed by atoms with Crippen molar-refractivity contribution in [3.05, 3.63) is 33.3 Å². The van der Waals surface area contributed by atoms with E-state index in [0.717, 1.165) is 17.3 Å². The predicted octanol–water partition coefficient (Wildman–Crippen LogP) is 2.68. The maximum absolute atomic E-state index is 12.6. The highest BCUT2D eigenvalue weighted by Gasteiger charge is 2.31. The third-order valence-corrected chi connectivity index (χ3v) is 4.91. The van der Waals surface area contributed by atoms with Crippen molar-refractivity contribution in [1.29, 1.82) is 0 Å². The molecule has 1 aliphatic heterocycles. The number of piperidine rings is 1. The molecular weight excluding hydrogens is 344 g/mol. The fourth-order valence-corrected chi connectivity index (χ4v) is 3.01. The highest BCUT2D eigenvalue weighted by Crippen LogP contribution is 2.26. The zero-order valence-corrected chi connectivity index (χ0v) is 13.7. The van der Waals surface area contributed by atoms with Crippen LogP contribution < -0.4 is 5.73 Å². The number of likely N-dealkylation sites (tertiary alicyclic amines) is 1. The van der Waals surface area contributed by atoms with Gasteiger partial charge in [-0.2, -0.15) is 0 Å². The van der Waals surface area contributed by atoms with Crippen LogP contribution in [0.4, 0.5) is 0 Å². The van der Waals surface area contributed by atoms with Crippen LogP contribution in [0.1, 0.15) is 23.2 Å². The molecule has 1 saturated heterocycles. The molecule has 4 nitrogen and oxygen atoms in total. The smallest absolute Gasteiger partial charge is 0.254 e. The van der Waals surface area contributed by atoms with Gasteiger partial charge in [0.25, 0.3) is 5.91 Å². The van der Waals surface area contributed by atoms with Crippen molar-refractivity contribution in [2.45, 2.75) is 25.0 Å². The standard InChI is InChI=1S/C14H18BrClN2O2/c1-20-11-4-5-18(10(7-11)8-17)14(19)9-2-3-13(16)12(15)6-9/h2-3,6,10-11H,4-5,7-8,17H2,1H3. The SMILES string of the molecule is COC1CCN(C(=O)c2ccc(Cl)c(Br)c2)C(CN)C1. The molecule has 6 heteroatoms. The molecule has 0 saturated carbocycles. The number of nitrogens with two attached hydrogens (primary N) is 1. The molecule has 20 heavy (non-hydrogen) atoms. The topological polar surface area (TPSA) is 55.6 Å². The van der Waals surface area contributed by atoms with E-state index in [4.69, 9.17) is 22.1 Å². The summed E-state index contributed by atoms with van der Waals surface area (Å²) in [5.74, 6) is -0.00707. The predicted molar refractivity (Wildman–Crippen MR) is 83.1 cm³/mol. The highest BCUT2D eigenvalue weighted by molar-refractivity contribution is 9.10. The summed E-state index contributed by atoms with van der Waals surface area (Å²) < 4.78 is 6.10. The molecule has 2 unspecified atom stereocenters. The van der Waals surface area contributed by atoms with Crippen LogP contribution in [0.2, 0.25) is 5.02 Å². The van der Waals surface area contributed by atoms with Gasteiger partial charge in [0.05, 0.1) is 11.1 Å². The first-order chi connectivity index (χ1) is 9.56. The van der Waals surface area contributed by atoms with Crippen LogP contribution in [-0.2, 0) is 4.74 Å². The summed E-state index contributed by atoms with van der Waals surface area (Å²) in [6.07, 6.45) is 1.81. The third kappa shape index (κ3) is 3.34. The number of rotatable bonds is 3. The van der Waals surface area contributed by atoms with Crippen molar-refractivity contribution in [2.24, 2.45) is 5.73 Å². The van der Waals surface area contributed by atoms with Gasteiger partial charge < -0.3 is 15.4 Å². The van der Waals surface area contributed by atoms with Crippen molar-refractivity contribution in [2.75, 3.05) is 20.2 Å². The molecule has 2 N–H and O–H groups in total. The second-order valence-corrected chi connectivity index (χ2v) is 6.16. The number of methoxy groups -OCH3 is 1. The molecule has 110 valence electrons. The van der Waals surface area contributed by atoms with Gasteiger partial charge in [-0.25, -0.2) is 0 Å². The maximum atomic E-state index is 12.6. The largest absolute Gasteiger partial charge is 0.381 e. The number of hydrogen-bond donors (Lipinski definition) is 1. The summed E-state index contributed by atoms with van der Waals surface area (Å²) >= 11 is 9.30. The lowest BCUT2D eigenvalue weighted by atomic mass is 9.98. The van der Waals surface area contributed by atoms with Gasteiger partial charge in [-0.05, 0) is 47.0 Å². The van der Waals surface area contributed by atoms with Gasteiger partial charge in [0.2, 0.25) is 0 Å². The van der Waals surface area contributed by atoms with Gasteiger partial charge in [-0.15, -0.1) is 0 Å². The molecule has 1 fully saturated rings. The Morgan fingerprint density at radius 2 is 2.35 bits per heavy atom. The monoisotopic (exact) mass is 360 g/mol. The molecule has 1 aromatic rings. The molecule has 1 aliphatic rings. The van der Waals surface area contributed by atoms with Gasteiger partial charge in [0.15, 0.2) is 0 Å². The molecule has 0 aromatic heterocycles. The first-order valence-electron chi connectivity index (χ1n) is 6.55. The van der Waals surface area contributed by atoms with E-state index in [0.29, 0.717) is 23.7 Å². The van der Waals surface area contributed by atoms with E-state index < -0.39 is 0 Å². The van der Waals surface area contributed by atoms with E-state index >= 15 is 0 Å². The average Bonchev–Trinajstić information content (AvgIpc) is 2.48. The Hall–Kier alpha value is -0.620.